The maximum absolute atomic E-state index is 8.39. The van der Waals surface area contributed by atoms with Crippen LogP contribution >= 0.6 is 15.9 Å². The monoisotopic (exact) mass is 134 g/mol. The molecule has 1 heterocycles. The van der Waals surface area contributed by atoms with Crippen molar-refractivity contribution in [3.63, 3.8) is 0 Å². The molecule has 1 atom stereocenters. The standard InChI is InChI=1S/C2H4BBrO/c4-2-1-3(2)5/h2,5H,1H2. The van der Waals surface area contributed by atoms with Gasteiger partial charge >= 0.3 is 6.92 Å². The highest BCUT2D eigenvalue weighted by Gasteiger charge is 2.37. The van der Waals surface area contributed by atoms with Crippen LogP contribution < -0.4 is 0 Å². The molecule has 0 saturated carbocycles. The number of alkyl halides is 1. The van der Waals surface area contributed by atoms with Gasteiger partial charge in [0.05, 0.1) is 0 Å². The van der Waals surface area contributed by atoms with Crippen LogP contribution in [-0.4, -0.2) is 16.7 Å². The second kappa shape index (κ2) is 0.983. The van der Waals surface area contributed by atoms with E-state index in [0.717, 1.165) is 6.32 Å². The highest BCUT2D eigenvalue weighted by atomic mass is 79.9. The van der Waals surface area contributed by atoms with E-state index in [1.54, 1.807) is 0 Å². The Kier molecular flexibility index (Phi) is 0.724. The zero-order valence-corrected chi connectivity index (χ0v) is 4.27. The first-order chi connectivity index (χ1) is 2.30. The lowest BCUT2D eigenvalue weighted by atomic mass is 9.98. The topological polar surface area (TPSA) is 20.2 Å². The van der Waals surface area contributed by atoms with E-state index in [9.17, 15) is 0 Å². The van der Waals surface area contributed by atoms with E-state index in [0.29, 0.717) is 4.73 Å². The molecule has 3 heteroatoms. The van der Waals surface area contributed by atoms with Gasteiger partial charge in [0.15, 0.2) is 0 Å². The van der Waals surface area contributed by atoms with Crippen LogP contribution in [-0.2, 0) is 0 Å². The van der Waals surface area contributed by atoms with Gasteiger partial charge in [-0.2, -0.15) is 0 Å². The summed E-state index contributed by atoms with van der Waals surface area (Å²) in [5, 5.41) is 8.39. The minimum atomic E-state index is -0.0324. The molecule has 1 nitrogen and oxygen atoms in total. The molecule has 0 aromatic rings. The number of hydrogen-bond acceptors (Lipinski definition) is 1. The predicted octanol–water partition coefficient (Wildman–Crippen LogP) is 0.286. The predicted molar refractivity (Wildman–Crippen MR) is 25.5 cm³/mol. The van der Waals surface area contributed by atoms with Crippen molar-refractivity contribution in [2.75, 3.05) is 0 Å². The summed E-state index contributed by atoms with van der Waals surface area (Å²) in [6.07, 6.45) is 0.944. The van der Waals surface area contributed by atoms with Crippen molar-refractivity contribution in [2.45, 2.75) is 11.0 Å². The average Bonchev–Trinajstić information content (AvgIpc) is 1.79. The minimum Gasteiger partial charge on any atom is -0.449 e. The Labute approximate surface area is 39.6 Å². The van der Waals surface area contributed by atoms with Gasteiger partial charge in [-0.3, -0.25) is 0 Å². The van der Waals surface area contributed by atoms with E-state index in [2.05, 4.69) is 15.9 Å². The Balaban J connectivity index is 2.20. The molecule has 5 heavy (non-hydrogen) atoms. The molecule has 0 bridgehead atoms. The van der Waals surface area contributed by atoms with Crippen molar-refractivity contribution in [2.24, 2.45) is 0 Å². The molecule has 1 rings (SSSR count). The van der Waals surface area contributed by atoms with Crippen molar-refractivity contribution < 1.29 is 5.02 Å². The van der Waals surface area contributed by atoms with E-state index in [1.807, 2.05) is 0 Å². The normalized spacial score (nSPS) is 34.8. The van der Waals surface area contributed by atoms with Crippen LogP contribution in [0.25, 0.3) is 0 Å². The summed E-state index contributed by atoms with van der Waals surface area (Å²) in [5.41, 5.74) is 0. The molecule has 0 aromatic carbocycles. The molecule has 1 unspecified atom stereocenters. The van der Waals surface area contributed by atoms with Crippen molar-refractivity contribution >= 4 is 22.8 Å². The molecular weight excluding hydrogens is 131 g/mol. The quantitative estimate of drug-likeness (QED) is 0.373. The van der Waals surface area contributed by atoms with Gasteiger partial charge < -0.3 is 5.02 Å². The maximum atomic E-state index is 8.39. The van der Waals surface area contributed by atoms with Crippen molar-refractivity contribution in [1.29, 1.82) is 0 Å². The third kappa shape index (κ3) is 0.668. The molecule has 0 aliphatic carbocycles. The summed E-state index contributed by atoms with van der Waals surface area (Å²) in [7, 11) is 0. The molecule has 0 aromatic heterocycles. The second-order valence-electron chi connectivity index (χ2n) is 1.32. The van der Waals surface area contributed by atoms with E-state index >= 15 is 0 Å². The zero-order chi connectivity index (χ0) is 3.86. The lowest BCUT2D eigenvalue weighted by Crippen LogP contribution is -1.85. The highest BCUT2D eigenvalue weighted by molar-refractivity contribution is 9.10. The van der Waals surface area contributed by atoms with Gasteiger partial charge in [-0.05, 0) is 6.32 Å². The molecule has 0 amide bonds. The fourth-order valence-corrected chi connectivity index (χ4v) is 0.535. The van der Waals surface area contributed by atoms with Gasteiger partial charge in [0.25, 0.3) is 0 Å². The van der Waals surface area contributed by atoms with Crippen molar-refractivity contribution in [3.8, 4) is 0 Å². The molecule has 1 N–H and O–H groups in total. The highest BCUT2D eigenvalue weighted by Crippen LogP contribution is 2.26. The Morgan fingerprint density at radius 1 is 2.00 bits per heavy atom. The van der Waals surface area contributed by atoms with Crippen molar-refractivity contribution in [1.82, 2.24) is 0 Å². The molecule has 28 valence electrons. The first kappa shape index (κ1) is 3.69. The summed E-state index contributed by atoms with van der Waals surface area (Å²) in [6.45, 7) is -0.0324. The van der Waals surface area contributed by atoms with Gasteiger partial charge in [0.1, 0.15) is 0 Å². The lowest BCUT2D eigenvalue weighted by Gasteiger charge is -1.61. The van der Waals surface area contributed by atoms with Crippen LogP contribution in [0.5, 0.6) is 0 Å². The third-order valence-corrected chi connectivity index (χ3v) is 1.67. The number of hydrogen-bond donors (Lipinski definition) is 1. The number of rotatable bonds is 0. The Bertz CT molecular complexity index is 42.9. The largest absolute Gasteiger partial charge is 0.449 e. The number of halogens is 1. The Hall–Kier alpha value is 0.505. The zero-order valence-electron chi connectivity index (χ0n) is 2.69. The molecule has 1 aliphatic heterocycles. The average molecular weight is 135 g/mol. The molecule has 0 spiro atoms. The van der Waals surface area contributed by atoms with E-state index in [4.69, 9.17) is 5.02 Å². The molecule has 1 aliphatic rings. The van der Waals surface area contributed by atoms with Crippen LogP contribution in [0.15, 0.2) is 0 Å². The SMILES string of the molecule is OB1CC1Br. The van der Waals surface area contributed by atoms with Crippen LogP contribution in [0, 0.1) is 0 Å². The smallest absolute Gasteiger partial charge is 0.302 e. The third-order valence-electron chi connectivity index (χ3n) is 0.681. The van der Waals surface area contributed by atoms with Gasteiger partial charge in [-0.15, -0.1) is 0 Å². The molecule has 1 saturated heterocycles. The Morgan fingerprint density at radius 2 is 2.20 bits per heavy atom. The Morgan fingerprint density at radius 3 is 2.20 bits per heavy atom. The first-order valence-corrected chi connectivity index (χ1v) is 2.54. The van der Waals surface area contributed by atoms with Gasteiger partial charge in [0, 0.05) is 4.73 Å². The fourth-order valence-electron chi connectivity index (χ4n) is 0.152. The summed E-state index contributed by atoms with van der Waals surface area (Å²) in [4.78, 5) is 0. The summed E-state index contributed by atoms with van der Waals surface area (Å²) < 4.78 is 0.419. The summed E-state index contributed by atoms with van der Waals surface area (Å²) >= 11 is 3.20. The van der Waals surface area contributed by atoms with Crippen LogP contribution in [0.4, 0.5) is 0 Å². The maximum Gasteiger partial charge on any atom is 0.302 e. The molecular formula is C2H4BBrO. The fraction of sp³-hybridized carbons (Fsp3) is 1.00. The summed E-state index contributed by atoms with van der Waals surface area (Å²) in [5.74, 6) is 0. The van der Waals surface area contributed by atoms with E-state index in [-0.39, 0.29) is 6.92 Å². The minimum absolute atomic E-state index is 0.0324. The molecule has 1 fully saturated rings. The van der Waals surface area contributed by atoms with Crippen LogP contribution in [0.2, 0.25) is 6.32 Å². The first-order valence-electron chi connectivity index (χ1n) is 1.63. The van der Waals surface area contributed by atoms with Gasteiger partial charge in [-0.25, -0.2) is 0 Å². The van der Waals surface area contributed by atoms with Gasteiger partial charge in [-0.1, -0.05) is 15.9 Å². The van der Waals surface area contributed by atoms with Crippen LogP contribution in [0.3, 0.4) is 0 Å². The van der Waals surface area contributed by atoms with E-state index in [1.165, 1.54) is 0 Å². The van der Waals surface area contributed by atoms with Gasteiger partial charge in [0.2, 0.25) is 0 Å². The van der Waals surface area contributed by atoms with E-state index < -0.39 is 0 Å². The van der Waals surface area contributed by atoms with Crippen molar-refractivity contribution in [3.05, 3.63) is 0 Å². The van der Waals surface area contributed by atoms with Crippen LogP contribution in [0.1, 0.15) is 0 Å². The molecule has 0 radical (unpaired) electrons. The summed E-state index contributed by atoms with van der Waals surface area (Å²) in [6, 6.07) is 0. The second-order valence-corrected chi connectivity index (χ2v) is 2.50. The lowest BCUT2D eigenvalue weighted by molar-refractivity contribution is 0.602.